The van der Waals surface area contributed by atoms with Gasteiger partial charge >= 0.3 is 0 Å². The maximum absolute atomic E-state index is 12.1. The summed E-state index contributed by atoms with van der Waals surface area (Å²) < 4.78 is 5.56. The largest absolute Gasteiger partial charge is 0.379 e. The topological polar surface area (TPSA) is 32.8 Å². The van der Waals surface area contributed by atoms with Crippen molar-refractivity contribution in [1.82, 2.24) is 9.80 Å². The molecule has 4 heteroatoms. The number of ether oxygens (including phenoxy) is 1. The van der Waals surface area contributed by atoms with Crippen LogP contribution in [0.1, 0.15) is 47.5 Å². The van der Waals surface area contributed by atoms with Crippen molar-refractivity contribution < 1.29 is 9.53 Å². The van der Waals surface area contributed by atoms with Crippen LogP contribution in [0.15, 0.2) is 0 Å². The average molecular weight is 284 g/mol. The van der Waals surface area contributed by atoms with Crippen molar-refractivity contribution in [3.8, 4) is 0 Å². The summed E-state index contributed by atoms with van der Waals surface area (Å²) in [6, 6.07) is 0. The van der Waals surface area contributed by atoms with Crippen LogP contribution in [-0.4, -0.2) is 61.1 Å². The van der Waals surface area contributed by atoms with Gasteiger partial charge in [-0.2, -0.15) is 0 Å². The first kappa shape index (κ1) is 17.4. The molecular formula is C16H32N2O2. The van der Waals surface area contributed by atoms with Gasteiger partial charge in [0.15, 0.2) is 0 Å². The fourth-order valence-corrected chi connectivity index (χ4v) is 2.39. The van der Waals surface area contributed by atoms with E-state index in [0.29, 0.717) is 18.4 Å². The van der Waals surface area contributed by atoms with E-state index >= 15 is 0 Å². The van der Waals surface area contributed by atoms with Gasteiger partial charge in [-0.3, -0.25) is 9.69 Å². The van der Waals surface area contributed by atoms with Crippen LogP contribution >= 0.6 is 0 Å². The molecule has 0 aromatic rings. The molecule has 0 N–H and O–H groups in total. The van der Waals surface area contributed by atoms with Crippen molar-refractivity contribution in [2.24, 2.45) is 5.41 Å². The molecule has 0 radical (unpaired) electrons. The second kappa shape index (κ2) is 7.99. The third-order valence-electron chi connectivity index (χ3n) is 3.48. The lowest BCUT2D eigenvalue weighted by molar-refractivity contribution is -0.134. The fourth-order valence-electron chi connectivity index (χ4n) is 2.39. The quantitative estimate of drug-likeness (QED) is 0.702. The summed E-state index contributed by atoms with van der Waals surface area (Å²) in [6.07, 6.45) is 2.05. The molecule has 0 atom stereocenters. The van der Waals surface area contributed by atoms with Crippen molar-refractivity contribution in [1.29, 1.82) is 0 Å². The monoisotopic (exact) mass is 284 g/mol. The van der Waals surface area contributed by atoms with Crippen LogP contribution in [0.5, 0.6) is 0 Å². The number of carbonyl (C=O) groups is 1. The first-order chi connectivity index (χ1) is 9.28. The molecule has 1 aliphatic rings. The van der Waals surface area contributed by atoms with Gasteiger partial charge in [-0.15, -0.1) is 0 Å². The standard InChI is InChI=1S/C16H32N2O2/c1-14(2)20-12-6-7-17-8-10-18(11-9-17)15(19)13-16(3,4)5/h14H,6-13H2,1-5H3. The van der Waals surface area contributed by atoms with E-state index in [2.05, 4.69) is 39.5 Å². The SMILES string of the molecule is CC(C)OCCCN1CCN(C(=O)CC(C)(C)C)CC1. The molecule has 4 nitrogen and oxygen atoms in total. The Balaban J connectivity index is 2.18. The van der Waals surface area contributed by atoms with Crippen molar-refractivity contribution in [3.63, 3.8) is 0 Å². The molecule has 1 rings (SSSR count). The van der Waals surface area contributed by atoms with Crippen LogP contribution in [0.25, 0.3) is 0 Å². The van der Waals surface area contributed by atoms with Crippen LogP contribution in [0.3, 0.4) is 0 Å². The number of amides is 1. The number of rotatable bonds is 6. The zero-order valence-corrected chi connectivity index (χ0v) is 13.9. The van der Waals surface area contributed by atoms with Crippen LogP contribution < -0.4 is 0 Å². The zero-order chi connectivity index (χ0) is 15.2. The lowest BCUT2D eigenvalue weighted by Gasteiger charge is -2.36. The maximum atomic E-state index is 12.1. The Hall–Kier alpha value is -0.610. The predicted molar refractivity (Wildman–Crippen MR) is 82.8 cm³/mol. The van der Waals surface area contributed by atoms with Gasteiger partial charge in [0.2, 0.25) is 5.91 Å². The Morgan fingerprint density at radius 2 is 1.75 bits per heavy atom. The summed E-state index contributed by atoms with van der Waals surface area (Å²) >= 11 is 0. The summed E-state index contributed by atoms with van der Waals surface area (Å²) in [5, 5.41) is 0. The Morgan fingerprint density at radius 1 is 1.15 bits per heavy atom. The Bertz CT molecular complexity index is 289. The van der Waals surface area contributed by atoms with E-state index in [1.807, 2.05) is 4.90 Å². The van der Waals surface area contributed by atoms with Crippen molar-refractivity contribution >= 4 is 5.91 Å². The van der Waals surface area contributed by atoms with E-state index in [-0.39, 0.29) is 5.41 Å². The molecule has 1 heterocycles. The third-order valence-corrected chi connectivity index (χ3v) is 3.48. The molecule has 0 unspecified atom stereocenters. The predicted octanol–water partition coefficient (Wildman–Crippen LogP) is 2.38. The summed E-state index contributed by atoms with van der Waals surface area (Å²) in [5.74, 6) is 0.306. The smallest absolute Gasteiger partial charge is 0.223 e. The van der Waals surface area contributed by atoms with Crippen molar-refractivity contribution in [2.75, 3.05) is 39.3 Å². The average Bonchev–Trinajstić information content (AvgIpc) is 2.33. The van der Waals surface area contributed by atoms with E-state index < -0.39 is 0 Å². The number of carbonyl (C=O) groups excluding carboxylic acids is 1. The molecule has 1 fully saturated rings. The molecule has 0 bridgehead atoms. The number of nitrogens with zero attached hydrogens (tertiary/aromatic N) is 2. The van der Waals surface area contributed by atoms with Crippen LogP contribution in [0.2, 0.25) is 0 Å². The van der Waals surface area contributed by atoms with Gasteiger partial charge in [-0.05, 0) is 25.7 Å². The van der Waals surface area contributed by atoms with Crippen molar-refractivity contribution in [2.45, 2.75) is 53.6 Å². The Kier molecular flexibility index (Phi) is 6.96. The highest BCUT2D eigenvalue weighted by Crippen LogP contribution is 2.20. The molecule has 0 aliphatic carbocycles. The first-order valence-electron chi connectivity index (χ1n) is 7.90. The molecule has 1 saturated heterocycles. The van der Waals surface area contributed by atoms with Crippen LogP contribution in [0, 0.1) is 5.41 Å². The molecule has 1 amide bonds. The minimum Gasteiger partial charge on any atom is -0.379 e. The highest BCUT2D eigenvalue weighted by atomic mass is 16.5. The second-order valence-corrected chi connectivity index (χ2v) is 7.23. The van der Waals surface area contributed by atoms with Crippen LogP contribution in [0.4, 0.5) is 0 Å². The van der Waals surface area contributed by atoms with E-state index in [9.17, 15) is 4.79 Å². The van der Waals surface area contributed by atoms with E-state index in [1.165, 1.54) is 0 Å². The third kappa shape index (κ3) is 7.25. The summed E-state index contributed by atoms with van der Waals surface area (Å²) in [7, 11) is 0. The van der Waals surface area contributed by atoms with E-state index in [4.69, 9.17) is 4.74 Å². The van der Waals surface area contributed by atoms with Gasteiger partial charge in [0, 0.05) is 45.8 Å². The van der Waals surface area contributed by atoms with Gasteiger partial charge in [0.1, 0.15) is 0 Å². The van der Waals surface area contributed by atoms with Crippen LogP contribution in [-0.2, 0) is 9.53 Å². The number of piperazine rings is 1. The van der Waals surface area contributed by atoms with Gasteiger partial charge < -0.3 is 9.64 Å². The van der Waals surface area contributed by atoms with Crippen molar-refractivity contribution in [3.05, 3.63) is 0 Å². The van der Waals surface area contributed by atoms with E-state index in [1.54, 1.807) is 0 Å². The highest BCUT2D eigenvalue weighted by Gasteiger charge is 2.24. The molecule has 0 aromatic carbocycles. The van der Waals surface area contributed by atoms with Gasteiger partial charge in [0.05, 0.1) is 6.10 Å². The molecule has 0 aromatic heterocycles. The lowest BCUT2D eigenvalue weighted by atomic mass is 9.91. The first-order valence-corrected chi connectivity index (χ1v) is 7.90. The molecule has 0 saturated carbocycles. The minimum absolute atomic E-state index is 0.0857. The number of hydrogen-bond acceptors (Lipinski definition) is 3. The Labute approximate surface area is 124 Å². The summed E-state index contributed by atoms with van der Waals surface area (Å²) in [6.45, 7) is 16.2. The lowest BCUT2D eigenvalue weighted by Crippen LogP contribution is -2.49. The zero-order valence-electron chi connectivity index (χ0n) is 13.9. The van der Waals surface area contributed by atoms with Gasteiger partial charge in [-0.25, -0.2) is 0 Å². The van der Waals surface area contributed by atoms with E-state index in [0.717, 1.165) is 45.8 Å². The summed E-state index contributed by atoms with van der Waals surface area (Å²) in [4.78, 5) is 16.6. The second-order valence-electron chi connectivity index (χ2n) is 7.23. The molecule has 20 heavy (non-hydrogen) atoms. The fraction of sp³-hybridized carbons (Fsp3) is 0.938. The van der Waals surface area contributed by atoms with Gasteiger partial charge in [-0.1, -0.05) is 20.8 Å². The number of hydrogen-bond donors (Lipinski definition) is 0. The summed E-state index contributed by atoms with van der Waals surface area (Å²) in [5.41, 5.74) is 0.0857. The van der Waals surface area contributed by atoms with Gasteiger partial charge in [0.25, 0.3) is 0 Å². The maximum Gasteiger partial charge on any atom is 0.223 e. The normalized spacial score (nSPS) is 17.8. The molecule has 1 aliphatic heterocycles. The molecule has 0 spiro atoms. The highest BCUT2D eigenvalue weighted by molar-refractivity contribution is 5.76. The minimum atomic E-state index is 0.0857. The molecular weight excluding hydrogens is 252 g/mol. The molecule has 118 valence electrons. The Morgan fingerprint density at radius 3 is 2.25 bits per heavy atom.